The Labute approximate surface area is 76.6 Å². The zero-order valence-electron chi connectivity index (χ0n) is 5.46. The molecule has 0 aromatic rings. The second-order valence-corrected chi connectivity index (χ2v) is 1.24. The summed E-state index contributed by atoms with van der Waals surface area (Å²) in [6.45, 7) is 3.36. The molecule has 0 aliphatic rings. The van der Waals surface area contributed by atoms with Crippen LogP contribution in [0.2, 0.25) is 0 Å². The Bertz CT molecular complexity index is 118. The second-order valence-electron chi connectivity index (χ2n) is 1.24. The average Bonchev–Trinajstić information content (AvgIpc) is 1.66. The Morgan fingerprint density at radius 3 is 2.56 bits per heavy atom. The molecular weight excluding hydrogens is 127 g/mol. The van der Waals surface area contributed by atoms with Gasteiger partial charge in [0.15, 0.2) is 0 Å². The van der Waals surface area contributed by atoms with Gasteiger partial charge in [-0.05, 0) is 0 Å². The van der Waals surface area contributed by atoms with Crippen molar-refractivity contribution in [3.8, 4) is 0 Å². The molecule has 44 valence electrons. The summed E-state index contributed by atoms with van der Waals surface area (Å²) in [5.41, 5.74) is 0. The fourth-order valence-corrected chi connectivity index (χ4v) is 0.260. The van der Waals surface area contributed by atoms with Crippen molar-refractivity contribution < 1.29 is 39.5 Å². The van der Waals surface area contributed by atoms with Crippen molar-refractivity contribution in [2.45, 2.75) is 6.42 Å². The molecule has 0 atom stereocenters. The molecule has 0 aromatic carbocycles. The first-order valence-electron chi connectivity index (χ1n) is 2.24. The van der Waals surface area contributed by atoms with Gasteiger partial charge in [0, 0.05) is 12.4 Å². The molecule has 0 spiro atoms. The third-order valence-corrected chi connectivity index (χ3v) is 0.557. The van der Waals surface area contributed by atoms with E-state index in [9.17, 15) is 9.90 Å². The minimum absolute atomic E-state index is 0. The topological polar surface area (TPSA) is 40.1 Å². The molecule has 0 bridgehead atoms. The zero-order chi connectivity index (χ0) is 6.41. The number of allylic oxidation sites excluding steroid dienone is 2. The van der Waals surface area contributed by atoms with Crippen LogP contribution in [0.1, 0.15) is 6.42 Å². The summed E-state index contributed by atoms with van der Waals surface area (Å²) < 4.78 is 0. The fraction of sp³-hybridized carbons (Fsp3) is 0.167. The first-order valence-corrected chi connectivity index (χ1v) is 2.24. The van der Waals surface area contributed by atoms with Crippen molar-refractivity contribution in [2.75, 3.05) is 0 Å². The summed E-state index contributed by atoms with van der Waals surface area (Å²) in [5.74, 6) is -1.07. The van der Waals surface area contributed by atoms with Crippen LogP contribution in [0.15, 0.2) is 24.8 Å². The van der Waals surface area contributed by atoms with Gasteiger partial charge in [-0.3, -0.25) is 0 Å². The average molecular weight is 134 g/mol. The minimum atomic E-state index is -1.07. The zero-order valence-corrected chi connectivity index (χ0v) is 7.46. The maximum atomic E-state index is 9.68. The third-order valence-electron chi connectivity index (χ3n) is 0.557. The van der Waals surface area contributed by atoms with Gasteiger partial charge < -0.3 is 9.90 Å². The van der Waals surface area contributed by atoms with Gasteiger partial charge in [0.2, 0.25) is 0 Å². The molecule has 0 N–H and O–H groups in total. The normalized spacial score (nSPS) is 8.44. The van der Waals surface area contributed by atoms with Crippen LogP contribution in [0.25, 0.3) is 0 Å². The molecule has 0 amide bonds. The Morgan fingerprint density at radius 1 is 1.67 bits per heavy atom. The summed E-state index contributed by atoms with van der Waals surface area (Å²) in [5, 5.41) is 9.68. The van der Waals surface area contributed by atoms with E-state index in [1.165, 1.54) is 12.2 Å². The minimum Gasteiger partial charge on any atom is -0.550 e. The molecule has 0 rings (SSSR count). The van der Waals surface area contributed by atoms with Gasteiger partial charge in [-0.2, -0.15) is 0 Å². The number of hydrogen-bond donors (Lipinski definition) is 0. The number of rotatable bonds is 3. The molecular formula is C6H7NaO2. The van der Waals surface area contributed by atoms with Crippen LogP contribution in [0.5, 0.6) is 0 Å². The molecule has 0 heterocycles. The fourth-order valence-electron chi connectivity index (χ4n) is 0.260. The van der Waals surface area contributed by atoms with Crippen LogP contribution in [0.3, 0.4) is 0 Å². The first-order chi connectivity index (χ1) is 3.77. The van der Waals surface area contributed by atoms with Gasteiger partial charge in [-0.1, -0.05) is 24.8 Å². The van der Waals surface area contributed by atoms with E-state index in [0.29, 0.717) is 0 Å². The van der Waals surface area contributed by atoms with Crippen LogP contribution >= 0.6 is 0 Å². The van der Waals surface area contributed by atoms with E-state index in [4.69, 9.17) is 0 Å². The summed E-state index contributed by atoms with van der Waals surface area (Å²) >= 11 is 0. The summed E-state index contributed by atoms with van der Waals surface area (Å²) in [7, 11) is 0. The van der Waals surface area contributed by atoms with E-state index in [1.54, 1.807) is 6.08 Å². The predicted molar refractivity (Wildman–Crippen MR) is 29.0 cm³/mol. The van der Waals surface area contributed by atoms with Crippen molar-refractivity contribution in [2.24, 2.45) is 0 Å². The summed E-state index contributed by atoms with van der Waals surface area (Å²) in [4.78, 5) is 9.68. The molecule has 2 nitrogen and oxygen atoms in total. The Kier molecular flexibility index (Phi) is 10.3. The van der Waals surface area contributed by atoms with E-state index in [-0.39, 0.29) is 36.0 Å². The smallest absolute Gasteiger partial charge is 0.550 e. The Morgan fingerprint density at radius 2 is 2.22 bits per heavy atom. The molecule has 0 fully saturated rings. The number of carbonyl (C=O) groups is 1. The number of carbonyl (C=O) groups excluding carboxylic acids is 1. The van der Waals surface area contributed by atoms with Crippen LogP contribution in [-0.4, -0.2) is 5.97 Å². The number of carboxylic acids is 1. The van der Waals surface area contributed by atoms with E-state index >= 15 is 0 Å². The van der Waals surface area contributed by atoms with Crippen molar-refractivity contribution in [3.63, 3.8) is 0 Å². The van der Waals surface area contributed by atoms with Gasteiger partial charge >= 0.3 is 29.6 Å². The van der Waals surface area contributed by atoms with Crippen molar-refractivity contribution >= 4 is 5.97 Å². The summed E-state index contributed by atoms with van der Waals surface area (Å²) in [6.07, 6.45) is 4.52. The quantitative estimate of drug-likeness (QED) is 0.302. The van der Waals surface area contributed by atoms with Gasteiger partial charge in [0.05, 0.1) is 0 Å². The molecule has 0 radical (unpaired) electrons. The van der Waals surface area contributed by atoms with Crippen LogP contribution in [0, 0.1) is 0 Å². The molecule has 0 aromatic heterocycles. The molecule has 0 aliphatic carbocycles. The number of hydrogen-bond acceptors (Lipinski definition) is 2. The summed E-state index contributed by atoms with van der Waals surface area (Å²) in [6, 6.07) is 0. The van der Waals surface area contributed by atoms with Gasteiger partial charge in [-0.15, -0.1) is 0 Å². The van der Waals surface area contributed by atoms with Crippen LogP contribution in [0.4, 0.5) is 0 Å². The molecule has 0 aliphatic heterocycles. The maximum Gasteiger partial charge on any atom is 1.00 e. The van der Waals surface area contributed by atoms with Crippen LogP contribution in [-0.2, 0) is 4.79 Å². The largest absolute Gasteiger partial charge is 1.00 e. The van der Waals surface area contributed by atoms with Crippen molar-refractivity contribution in [1.29, 1.82) is 0 Å². The molecule has 3 heteroatoms. The molecule has 0 unspecified atom stereocenters. The molecule has 0 saturated carbocycles. The van der Waals surface area contributed by atoms with E-state index in [1.807, 2.05) is 0 Å². The number of carboxylic acid groups (broad SMARTS) is 1. The number of aliphatic carboxylic acids is 1. The van der Waals surface area contributed by atoms with Crippen LogP contribution < -0.4 is 34.7 Å². The third kappa shape index (κ3) is 11.5. The van der Waals surface area contributed by atoms with Gasteiger partial charge in [0.25, 0.3) is 0 Å². The SMILES string of the molecule is C=CC=CCC(=O)[O-].[Na+]. The predicted octanol–water partition coefficient (Wildman–Crippen LogP) is -3.13. The molecule has 0 saturated heterocycles. The van der Waals surface area contributed by atoms with Crippen molar-refractivity contribution in [1.82, 2.24) is 0 Å². The maximum absolute atomic E-state index is 9.68. The monoisotopic (exact) mass is 134 g/mol. The van der Waals surface area contributed by atoms with Gasteiger partial charge in [-0.25, -0.2) is 0 Å². The van der Waals surface area contributed by atoms with Gasteiger partial charge in [0.1, 0.15) is 0 Å². The second kappa shape index (κ2) is 7.95. The van der Waals surface area contributed by atoms with E-state index < -0.39 is 5.97 Å². The van der Waals surface area contributed by atoms with E-state index in [0.717, 1.165) is 0 Å². The van der Waals surface area contributed by atoms with E-state index in [2.05, 4.69) is 6.58 Å². The first kappa shape index (κ1) is 11.7. The van der Waals surface area contributed by atoms with Crippen molar-refractivity contribution in [3.05, 3.63) is 24.8 Å². The Hall–Kier alpha value is -0.0500. The Balaban J connectivity index is 0. The molecule has 9 heavy (non-hydrogen) atoms. The standard InChI is InChI=1S/C6H8O2.Na/c1-2-3-4-5-6(7)8;/h2-4H,1,5H2,(H,7,8);/q;+1/p-1.